The number of halogens is 1. The van der Waals surface area contributed by atoms with Crippen LogP contribution in [0.15, 0.2) is 54.6 Å². The fourth-order valence-corrected chi connectivity index (χ4v) is 2.07. The summed E-state index contributed by atoms with van der Waals surface area (Å²) in [5, 5.41) is 12.5. The first-order chi connectivity index (χ1) is 11.1. The maximum atomic E-state index is 13.5. The van der Waals surface area contributed by atoms with Crippen molar-refractivity contribution in [2.24, 2.45) is 0 Å². The van der Waals surface area contributed by atoms with Crippen molar-refractivity contribution in [3.05, 3.63) is 71.5 Å². The van der Waals surface area contributed by atoms with Gasteiger partial charge in [-0.1, -0.05) is 48.5 Å². The average molecular weight is 317 g/mol. The van der Waals surface area contributed by atoms with Crippen molar-refractivity contribution >= 4 is 5.91 Å². The number of nitrogens with one attached hydrogen (secondary N) is 1. The fraction of sp³-hybridized carbons (Fsp3) is 0.278. The highest BCUT2D eigenvalue weighted by Gasteiger charge is 2.17. The normalized spacial score (nSPS) is 13.3. The lowest BCUT2D eigenvalue weighted by Crippen LogP contribution is -2.37. The second kappa shape index (κ2) is 8.41. The van der Waals surface area contributed by atoms with Gasteiger partial charge in [0.2, 0.25) is 5.91 Å². The van der Waals surface area contributed by atoms with E-state index in [-0.39, 0.29) is 18.0 Å². The van der Waals surface area contributed by atoms with Crippen molar-refractivity contribution < 1.29 is 19.0 Å². The van der Waals surface area contributed by atoms with Crippen molar-refractivity contribution in [1.82, 2.24) is 5.32 Å². The third-order valence-electron chi connectivity index (χ3n) is 3.45. The molecule has 0 aliphatic rings. The molecule has 23 heavy (non-hydrogen) atoms. The molecule has 2 aromatic carbocycles. The molecule has 0 saturated carbocycles. The maximum absolute atomic E-state index is 13.5. The zero-order chi connectivity index (χ0) is 16.7. The van der Waals surface area contributed by atoms with Crippen molar-refractivity contribution in [2.75, 3.05) is 6.54 Å². The smallest absolute Gasteiger partial charge is 0.248 e. The van der Waals surface area contributed by atoms with Gasteiger partial charge in [0.1, 0.15) is 11.9 Å². The van der Waals surface area contributed by atoms with Gasteiger partial charge in [-0.3, -0.25) is 4.79 Å². The third-order valence-corrected chi connectivity index (χ3v) is 3.45. The molecular weight excluding hydrogens is 297 g/mol. The van der Waals surface area contributed by atoms with E-state index in [4.69, 9.17) is 4.74 Å². The van der Waals surface area contributed by atoms with Crippen LogP contribution in [0, 0.1) is 5.82 Å². The molecule has 2 rings (SSSR count). The van der Waals surface area contributed by atoms with Crippen LogP contribution in [0.2, 0.25) is 0 Å². The van der Waals surface area contributed by atoms with Gasteiger partial charge >= 0.3 is 0 Å². The zero-order valence-electron chi connectivity index (χ0n) is 12.9. The fourth-order valence-electron chi connectivity index (χ4n) is 2.07. The van der Waals surface area contributed by atoms with Crippen LogP contribution in [-0.4, -0.2) is 23.7 Å². The zero-order valence-corrected chi connectivity index (χ0v) is 12.9. The lowest BCUT2D eigenvalue weighted by molar-refractivity contribution is -0.132. The van der Waals surface area contributed by atoms with Crippen molar-refractivity contribution in [1.29, 1.82) is 0 Å². The molecule has 0 aliphatic heterocycles. The molecule has 0 bridgehead atoms. The van der Waals surface area contributed by atoms with Crippen LogP contribution in [0.5, 0.6) is 0 Å². The molecule has 0 spiro atoms. The number of hydrogen-bond donors (Lipinski definition) is 2. The van der Waals surface area contributed by atoms with Crippen LogP contribution in [0.1, 0.15) is 24.2 Å². The summed E-state index contributed by atoms with van der Waals surface area (Å²) < 4.78 is 19.0. The van der Waals surface area contributed by atoms with Gasteiger partial charge in [-0.2, -0.15) is 0 Å². The summed E-state index contributed by atoms with van der Waals surface area (Å²) in [6, 6.07) is 15.5. The molecule has 122 valence electrons. The highest BCUT2D eigenvalue weighted by atomic mass is 19.1. The molecule has 2 aromatic rings. The third kappa shape index (κ3) is 5.16. The van der Waals surface area contributed by atoms with E-state index in [1.54, 1.807) is 19.1 Å². The quantitative estimate of drug-likeness (QED) is 0.825. The highest BCUT2D eigenvalue weighted by Crippen LogP contribution is 2.15. The molecule has 5 heteroatoms. The van der Waals surface area contributed by atoms with E-state index in [0.717, 1.165) is 5.56 Å². The van der Waals surface area contributed by atoms with Gasteiger partial charge in [0.15, 0.2) is 0 Å². The van der Waals surface area contributed by atoms with Gasteiger partial charge < -0.3 is 15.2 Å². The molecule has 4 nitrogen and oxygen atoms in total. The molecule has 0 aliphatic carbocycles. The SMILES string of the molecule is CC(OCc1ccccc1)C(=O)NCC(O)c1ccccc1F. The molecule has 0 fully saturated rings. The average Bonchev–Trinajstić information content (AvgIpc) is 2.58. The standard InChI is InChI=1S/C18H20FNO3/c1-13(23-12-14-7-3-2-4-8-14)18(22)20-11-17(21)15-9-5-6-10-16(15)19/h2-10,13,17,21H,11-12H2,1H3,(H,20,22). The molecular formula is C18H20FNO3. The van der Waals surface area contributed by atoms with E-state index in [1.807, 2.05) is 30.3 Å². The number of hydrogen-bond acceptors (Lipinski definition) is 3. The van der Waals surface area contributed by atoms with Crippen LogP contribution in [0.25, 0.3) is 0 Å². The predicted molar refractivity (Wildman–Crippen MR) is 85.1 cm³/mol. The predicted octanol–water partition coefficient (Wildman–Crippen LogP) is 2.58. The van der Waals surface area contributed by atoms with Crippen LogP contribution in [-0.2, 0) is 16.1 Å². The Morgan fingerprint density at radius 3 is 2.52 bits per heavy atom. The second-order valence-corrected chi connectivity index (χ2v) is 5.22. The summed E-state index contributed by atoms with van der Waals surface area (Å²) in [6.45, 7) is 1.89. The number of ether oxygens (including phenoxy) is 1. The van der Waals surface area contributed by atoms with E-state index in [0.29, 0.717) is 6.61 Å². The molecule has 0 aromatic heterocycles. The van der Waals surface area contributed by atoms with Crippen LogP contribution in [0.3, 0.4) is 0 Å². The lowest BCUT2D eigenvalue weighted by atomic mass is 10.1. The Morgan fingerprint density at radius 1 is 1.17 bits per heavy atom. The van der Waals surface area contributed by atoms with E-state index in [9.17, 15) is 14.3 Å². The number of carbonyl (C=O) groups excluding carboxylic acids is 1. The summed E-state index contributed by atoms with van der Waals surface area (Å²) in [5.74, 6) is -0.848. The van der Waals surface area contributed by atoms with Gasteiger partial charge in [0.05, 0.1) is 12.7 Å². The van der Waals surface area contributed by atoms with Crippen molar-refractivity contribution in [3.63, 3.8) is 0 Å². The van der Waals surface area contributed by atoms with Crippen molar-refractivity contribution in [2.45, 2.75) is 25.7 Å². The number of benzene rings is 2. The lowest BCUT2D eigenvalue weighted by Gasteiger charge is -2.16. The Bertz CT molecular complexity index is 633. The monoisotopic (exact) mass is 317 g/mol. The van der Waals surface area contributed by atoms with Gasteiger partial charge in [0.25, 0.3) is 0 Å². The molecule has 0 heterocycles. The van der Waals surface area contributed by atoms with E-state index >= 15 is 0 Å². The topological polar surface area (TPSA) is 58.6 Å². The van der Waals surface area contributed by atoms with Gasteiger partial charge in [-0.05, 0) is 18.6 Å². The summed E-state index contributed by atoms with van der Waals surface area (Å²) in [5.41, 5.74) is 1.13. The van der Waals surface area contributed by atoms with E-state index in [2.05, 4.69) is 5.32 Å². The molecule has 1 amide bonds. The van der Waals surface area contributed by atoms with Gasteiger partial charge in [-0.15, -0.1) is 0 Å². The van der Waals surface area contributed by atoms with Crippen LogP contribution in [0.4, 0.5) is 4.39 Å². The number of rotatable bonds is 7. The first-order valence-corrected chi connectivity index (χ1v) is 7.43. The van der Waals surface area contributed by atoms with Gasteiger partial charge in [0, 0.05) is 12.1 Å². The Balaban J connectivity index is 1.78. The molecule has 2 atom stereocenters. The highest BCUT2D eigenvalue weighted by molar-refractivity contribution is 5.80. The largest absolute Gasteiger partial charge is 0.386 e. The number of aliphatic hydroxyl groups excluding tert-OH is 1. The maximum Gasteiger partial charge on any atom is 0.248 e. The summed E-state index contributed by atoms with van der Waals surface area (Å²) in [7, 11) is 0. The Labute approximate surface area is 134 Å². The Morgan fingerprint density at radius 2 is 1.83 bits per heavy atom. The number of amides is 1. The van der Waals surface area contributed by atoms with Gasteiger partial charge in [-0.25, -0.2) is 4.39 Å². The number of aliphatic hydroxyl groups is 1. The second-order valence-electron chi connectivity index (χ2n) is 5.22. The minimum absolute atomic E-state index is 0.0706. The van der Waals surface area contributed by atoms with E-state index < -0.39 is 18.0 Å². The van der Waals surface area contributed by atoms with Crippen molar-refractivity contribution in [3.8, 4) is 0 Å². The minimum Gasteiger partial charge on any atom is -0.386 e. The Hall–Kier alpha value is -2.24. The number of carbonyl (C=O) groups is 1. The molecule has 0 radical (unpaired) electrons. The Kier molecular flexibility index (Phi) is 6.26. The van der Waals surface area contributed by atoms with E-state index in [1.165, 1.54) is 12.1 Å². The van der Waals surface area contributed by atoms with Crippen LogP contribution < -0.4 is 5.32 Å². The van der Waals surface area contributed by atoms with Crippen LogP contribution >= 0.6 is 0 Å². The first kappa shape index (κ1) is 17.1. The summed E-state index contributed by atoms with van der Waals surface area (Å²) >= 11 is 0. The summed E-state index contributed by atoms with van der Waals surface area (Å²) in [6.07, 6.45) is -1.76. The molecule has 2 N–H and O–H groups in total. The molecule has 0 saturated heterocycles. The molecule has 2 unspecified atom stereocenters. The first-order valence-electron chi connectivity index (χ1n) is 7.43. The minimum atomic E-state index is -1.10. The summed E-state index contributed by atoms with van der Waals surface area (Å²) in [4.78, 5) is 11.9.